The van der Waals surface area contributed by atoms with Gasteiger partial charge in [-0.05, 0) is 18.6 Å². The van der Waals surface area contributed by atoms with Gasteiger partial charge in [0.15, 0.2) is 5.69 Å². The lowest BCUT2D eigenvalue weighted by Gasteiger charge is -2.02. The SMILES string of the molecule is Cc1cccc(Cc2nccc(C(=O)O)n2)c1. The average Bonchev–Trinajstić information content (AvgIpc) is 2.29. The van der Waals surface area contributed by atoms with Crippen molar-refractivity contribution in [2.24, 2.45) is 0 Å². The standard InChI is InChI=1S/C13H12N2O2/c1-9-3-2-4-10(7-9)8-12-14-6-5-11(15-12)13(16)17/h2-7H,8H2,1H3,(H,16,17). The van der Waals surface area contributed by atoms with Crippen molar-refractivity contribution in [3.8, 4) is 0 Å². The maximum absolute atomic E-state index is 10.8. The molecule has 2 rings (SSSR count). The topological polar surface area (TPSA) is 63.1 Å². The van der Waals surface area contributed by atoms with E-state index in [9.17, 15) is 4.79 Å². The lowest BCUT2D eigenvalue weighted by atomic mass is 10.1. The van der Waals surface area contributed by atoms with Crippen molar-refractivity contribution in [3.05, 3.63) is 59.2 Å². The molecule has 1 aromatic carbocycles. The van der Waals surface area contributed by atoms with Gasteiger partial charge in [-0.25, -0.2) is 14.8 Å². The predicted octanol–water partition coefficient (Wildman–Crippen LogP) is 2.07. The van der Waals surface area contributed by atoms with Crippen molar-refractivity contribution in [2.45, 2.75) is 13.3 Å². The molecule has 0 bridgehead atoms. The van der Waals surface area contributed by atoms with E-state index in [1.807, 2.05) is 31.2 Å². The van der Waals surface area contributed by atoms with Gasteiger partial charge >= 0.3 is 5.97 Å². The van der Waals surface area contributed by atoms with Crippen LogP contribution in [0.3, 0.4) is 0 Å². The van der Waals surface area contributed by atoms with E-state index >= 15 is 0 Å². The van der Waals surface area contributed by atoms with E-state index in [-0.39, 0.29) is 5.69 Å². The molecule has 0 aliphatic rings. The van der Waals surface area contributed by atoms with E-state index in [0.29, 0.717) is 12.2 Å². The minimum absolute atomic E-state index is 0.0302. The van der Waals surface area contributed by atoms with Crippen LogP contribution in [0.25, 0.3) is 0 Å². The first kappa shape index (κ1) is 11.3. The maximum atomic E-state index is 10.8. The molecule has 86 valence electrons. The fourth-order valence-electron chi connectivity index (χ4n) is 1.61. The van der Waals surface area contributed by atoms with Crippen molar-refractivity contribution in [1.82, 2.24) is 9.97 Å². The van der Waals surface area contributed by atoms with Crippen LogP contribution in [0.15, 0.2) is 36.5 Å². The Hall–Kier alpha value is -2.23. The zero-order valence-corrected chi connectivity index (χ0v) is 9.42. The fraction of sp³-hybridized carbons (Fsp3) is 0.154. The van der Waals surface area contributed by atoms with E-state index in [0.717, 1.165) is 11.1 Å². The highest BCUT2D eigenvalue weighted by Gasteiger charge is 2.06. The molecule has 0 fully saturated rings. The summed E-state index contributed by atoms with van der Waals surface area (Å²) in [4.78, 5) is 18.8. The molecule has 0 spiro atoms. The Bertz CT molecular complexity index is 553. The Morgan fingerprint density at radius 3 is 2.88 bits per heavy atom. The van der Waals surface area contributed by atoms with Crippen LogP contribution in [0, 0.1) is 6.92 Å². The van der Waals surface area contributed by atoms with Crippen molar-refractivity contribution in [3.63, 3.8) is 0 Å². The number of hydrogen-bond donors (Lipinski definition) is 1. The van der Waals surface area contributed by atoms with Gasteiger partial charge in [-0.15, -0.1) is 0 Å². The Balaban J connectivity index is 2.24. The minimum Gasteiger partial charge on any atom is -0.477 e. The number of aryl methyl sites for hydroxylation is 1. The van der Waals surface area contributed by atoms with Crippen molar-refractivity contribution >= 4 is 5.97 Å². The second kappa shape index (κ2) is 4.74. The average molecular weight is 228 g/mol. The van der Waals surface area contributed by atoms with Gasteiger partial charge in [-0.2, -0.15) is 0 Å². The predicted molar refractivity (Wildman–Crippen MR) is 63.0 cm³/mol. The maximum Gasteiger partial charge on any atom is 0.354 e. The molecule has 4 nitrogen and oxygen atoms in total. The van der Waals surface area contributed by atoms with Crippen LogP contribution in [0.1, 0.15) is 27.4 Å². The van der Waals surface area contributed by atoms with Gasteiger partial charge in [0.05, 0.1) is 0 Å². The van der Waals surface area contributed by atoms with Gasteiger partial charge in [0.25, 0.3) is 0 Å². The molecule has 1 N–H and O–H groups in total. The third-order valence-corrected chi connectivity index (χ3v) is 2.37. The number of rotatable bonds is 3. The number of carboxylic acids is 1. The summed E-state index contributed by atoms with van der Waals surface area (Å²) in [6.07, 6.45) is 2.02. The quantitative estimate of drug-likeness (QED) is 0.873. The molecule has 0 unspecified atom stereocenters. The highest BCUT2D eigenvalue weighted by molar-refractivity contribution is 5.85. The molecule has 17 heavy (non-hydrogen) atoms. The Morgan fingerprint density at radius 2 is 2.18 bits per heavy atom. The number of aromatic carboxylic acids is 1. The first-order valence-corrected chi connectivity index (χ1v) is 5.26. The molecule has 1 aromatic heterocycles. The summed E-state index contributed by atoms with van der Waals surface area (Å²) >= 11 is 0. The molecular formula is C13H12N2O2. The molecular weight excluding hydrogens is 216 g/mol. The van der Waals surface area contributed by atoms with E-state index in [4.69, 9.17) is 5.11 Å². The second-order valence-corrected chi connectivity index (χ2v) is 3.83. The summed E-state index contributed by atoms with van der Waals surface area (Å²) in [7, 11) is 0. The van der Waals surface area contributed by atoms with Crippen LogP contribution in [0.5, 0.6) is 0 Å². The molecule has 2 aromatic rings. The van der Waals surface area contributed by atoms with Crippen molar-refractivity contribution < 1.29 is 9.90 Å². The van der Waals surface area contributed by atoms with Gasteiger partial charge in [0.2, 0.25) is 0 Å². The molecule has 0 amide bonds. The molecule has 0 saturated heterocycles. The van der Waals surface area contributed by atoms with Gasteiger partial charge in [-0.3, -0.25) is 0 Å². The van der Waals surface area contributed by atoms with Crippen molar-refractivity contribution in [1.29, 1.82) is 0 Å². The molecule has 1 heterocycles. The lowest BCUT2D eigenvalue weighted by molar-refractivity contribution is 0.0690. The van der Waals surface area contributed by atoms with Crippen LogP contribution in [0.2, 0.25) is 0 Å². The molecule has 0 radical (unpaired) electrons. The molecule has 0 saturated carbocycles. The summed E-state index contributed by atoms with van der Waals surface area (Å²) in [5.41, 5.74) is 2.27. The molecule has 4 heteroatoms. The molecule has 0 aliphatic heterocycles. The van der Waals surface area contributed by atoms with Crippen LogP contribution in [0.4, 0.5) is 0 Å². The van der Waals surface area contributed by atoms with Crippen LogP contribution in [-0.4, -0.2) is 21.0 Å². The summed E-state index contributed by atoms with van der Waals surface area (Å²) in [6.45, 7) is 2.01. The number of carbonyl (C=O) groups is 1. The van der Waals surface area contributed by atoms with E-state index in [1.165, 1.54) is 12.3 Å². The zero-order chi connectivity index (χ0) is 12.3. The number of benzene rings is 1. The normalized spacial score (nSPS) is 10.2. The fourth-order valence-corrected chi connectivity index (χ4v) is 1.61. The summed E-state index contributed by atoms with van der Waals surface area (Å²) < 4.78 is 0. The summed E-state index contributed by atoms with van der Waals surface area (Å²) in [6, 6.07) is 9.38. The van der Waals surface area contributed by atoms with Crippen molar-refractivity contribution in [2.75, 3.05) is 0 Å². The van der Waals surface area contributed by atoms with Gasteiger partial charge < -0.3 is 5.11 Å². The van der Waals surface area contributed by atoms with Crippen LogP contribution in [-0.2, 0) is 6.42 Å². The number of carboxylic acid groups (broad SMARTS) is 1. The zero-order valence-electron chi connectivity index (χ0n) is 9.42. The summed E-state index contributed by atoms with van der Waals surface area (Å²) in [5.74, 6) is -0.506. The highest BCUT2D eigenvalue weighted by Crippen LogP contribution is 2.08. The van der Waals surface area contributed by atoms with E-state index in [2.05, 4.69) is 9.97 Å². The first-order valence-electron chi connectivity index (χ1n) is 5.26. The number of hydrogen-bond acceptors (Lipinski definition) is 3. The third-order valence-electron chi connectivity index (χ3n) is 2.37. The minimum atomic E-state index is -1.03. The largest absolute Gasteiger partial charge is 0.477 e. The molecule has 0 atom stereocenters. The number of nitrogens with zero attached hydrogens (tertiary/aromatic N) is 2. The Labute approximate surface area is 99.0 Å². The van der Waals surface area contributed by atoms with Gasteiger partial charge in [0, 0.05) is 12.6 Å². The third kappa shape index (κ3) is 2.87. The first-order chi connectivity index (χ1) is 8.15. The van der Waals surface area contributed by atoms with E-state index < -0.39 is 5.97 Å². The monoisotopic (exact) mass is 228 g/mol. The van der Waals surface area contributed by atoms with Gasteiger partial charge in [-0.1, -0.05) is 29.8 Å². The highest BCUT2D eigenvalue weighted by atomic mass is 16.4. The second-order valence-electron chi connectivity index (χ2n) is 3.83. The van der Waals surface area contributed by atoms with Gasteiger partial charge in [0.1, 0.15) is 5.82 Å². The number of aromatic nitrogens is 2. The Kier molecular flexibility index (Phi) is 3.14. The Morgan fingerprint density at radius 1 is 1.35 bits per heavy atom. The van der Waals surface area contributed by atoms with Crippen LogP contribution < -0.4 is 0 Å². The smallest absolute Gasteiger partial charge is 0.354 e. The van der Waals surface area contributed by atoms with Crippen LogP contribution >= 0.6 is 0 Å². The van der Waals surface area contributed by atoms with E-state index in [1.54, 1.807) is 0 Å². The lowest BCUT2D eigenvalue weighted by Crippen LogP contribution is -2.05. The summed E-state index contributed by atoms with van der Waals surface area (Å²) in [5, 5.41) is 8.83. The molecule has 0 aliphatic carbocycles.